The lowest BCUT2D eigenvalue weighted by atomic mass is 9.87. The highest BCUT2D eigenvalue weighted by atomic mass is 31.2. The maximum absolute atomic E-state index is 14.7. The van der Waals surface area contributed by atoms with Gasteiger partial charge >= 0.3 is 25.7 Å². The van der Waals surface area contributed by atoms with E-state index in [1.165, 1.54) is 17.8 Å². The van der Waals surface area contributed by atoms with Crippen LogP contribution in [0.15, 0.2) is 42.7 Å². The van der Waals surface area contributed by atoms with Crippen LogP contribution >= 0.6 is 7.75 Å². The number of aromatic nitrogens is 3. The lowest BCUT2D eigenvalue weighted by Crippen LogP contribution is -2.46. The van der Waals surface area contributed by atoms with Gasteiger partial charge in [0.1, 0.15) is 41.4 Å². The third-order valence-electron chi connectivity index (χ3n) is 9.26. The Morgan fingerprint density at radius 1 is 1.00 bits per heavy atom. The van der Waals surface area contributed by atoms with Crippen LogP contribution in [0.3, 0.4) is 0 Å². The highest BCUT2D eigenvalue weighted by molar-refractivity contribution is 7.52. The van der Waals surface area contributed by atoms with Gasteiger partial charge in [0.25, 0.3) is 0 Å². The van der Waals surface area contributed by atoms with Gasteiger partial charge < -0.3 is 33.9 Å². The van der Waals surface area contributed by atoms with E-state index in [4.69, 9.17) is 38.5 Å². The van der Waals surface area contributed by atoms with E-state index in [1.54, 1.807) is 58.9 Å². The Morgan fingerprint density at radius 2 is 1.67 bits per heavy atom. The first-order chi connectivity index (χ1) is 25.3. The zero-order chi connectivity index (χ0) is 39.6. The van der Waals surface area contributed by atoms with Gasteiger partial charge in [0.15, 0.2) is 18.0 Å². The number of rotatable bonds is 14. The van der Waals surface area contributed by atoms with Gasteiger partial charge in [0, 0.05) is 6.42 Å². The first kappa shape index (κ1) is 41.1. The molecule has 2 aromatic heterocycles. The Kier molecular flexibility index (Phi) is 12.4. The Morgan fingerprint density at radius 3 is 2.28 bits per heavy atom. The molecule has 16 nitrogen and oxygen atoms in total. The molecule has 2 aliphatic heterocycles. The van der Waals surface area contributed by atoms with Crippen molar-refractivity contribution >= 4 is 37.0 Å². The number of anilines is 1. The van der Waals surface area contributed by atoms with Crippen LogP contribution in [0.25, 0.3) is 5.52 Å². The number of nitrogens with zero attached hydrogens (tertiary/aromatic N) is 3. The summed E-state index contributed by atoms with van der Waals surface area (Å²) in [5.74, 6) is -2.58. The monoisotopic (exact) mass is 773 g/mol. The molecule has 0 saturated carbocycles. The van der Waals surface area contributed by atoms with Crippen molar-refractivity contribution in [3.05, 3.63) is 54.0 Å². The second-order valence-corrected chi connectivity index (χ2v) is 17.1. The van der Waals surface area contributed by atoms with E-state index in [-0.39, 0.29) is 23.6 Å². The third-order valence-corrected chi connectivity index (χ3v) is 10.9. The topological polar surface area (TPSA) is 201 Å². The molecule has 2 fully saturated rings. The fraction of sp³-hybridized carbons (Fsp3) is 0.595. The van der Waals surface area contributed by atoms with Crippen LogP contribution in [0.5, 0.6) is 5.75 Å². The molecule has 4 heterocycles. The molecule has 1 unspecified atom stereocenters. The van der Waals surface area contributed by atoms with Crippen molar-refractivity contribution in [3.63, 3.8) is 0 Å². The summed E-state index contributed by atoms with van der Waals surface area (Å²) in [4.78, 5) is 43.6. The van der Waals surface area contributed by atoms with Crippen molar-refractivity contribution in [2.24, 2.45) is 11.8 Å². The van der Waals surface area contributed by atoms with E-state index in [1.807, 2.05) is 12.1 Å². The summed E-state index contributed by atoms with van der Waals surface area (Å²) in [6.45, 7) is 16.2. The molecule has 5 rings (SSSR count). The molecule has 1 aromatic carbocycles. The number of hydrogen-bond acceptors (Lipinski definition) is 14. The number of benzene rings is 1. The first-order valence-electron chi connectivity index (χ1n) is 18.1. The second kappa shape index (κ2) is 16.3. The highest BCUT2D eigenvalue weighted by Crippen LogP contribution is 2.49. The summed E-state index contributed by atoms with van der Waals surface area (Å²) in [6.07, 6.45) is -2.32. The lowest BCUT2D eigenvalue weighted by Gasteiger charge is -2.31. The van der Waals surface area contributed by atoms with E-state index in [0.29, 0.717) is 24.2 Å². The van der Waals surface area contributed by atoms with Gasteiger partial charge in [0.2, 0.25) is 0 Å². The van der Waals surface area contributed by atoms with Crippen molar-refractivity contribution in [2.45, 2.75) is 110 Å². The van der Waals surface area contributed by atoms with Crippen molar-refractivity contribution in [1.29, 1.82) is 0 Å². The van der Waals surface area contributed by atoms with E-state index in [0.717, 1.165) is 5.56 Å². The van der Waals surface area contributed by atoms with E-state index >= 15 is 0 Å². The van der Waals surface area contributed by atoms with E-state index in [2.05, 4.69) is 35.9 Å². The number of hydrogen-bond donors (Lipinski definition) is 2. The second-order valence-electron chi connectivity index (χ2n) is 15.4. The summed E-state index contributed by atoms with van der Waals surface area (Å²) in [5.41, 5.74) is 6.34. The molecule has 17 heteroatoms. The SMILES string of the molecule is CC(C)C(=O)O[C@H]1[C@@H](OC(=O)C(C)C)[C@](C)(c2ccc3c(N)ncnn23)O[C@@H]1COP(=O)(N[C@@H](C)C(=O)O[C@H]1CCOC1)Oc1ccc(C(C)(C)C)cc1. The summed E-state index contributed by atoms with van der Waals surface area (Å²) in [6, 6.07) is 9.23. The highest BCUT2D eigenvalue weighted by Gasteiger charge is 2.59. The maximum Gasteiger partial charge on any atom is 0.459 e. The lowest BCUT2D eigenvalue weighted by molar-refractivity contribution is -0.175. The van der Waals surface area contributed by atoms with Crippen LogP contribution in [-0.4, -0.2) is 82.8 Å². The standard InChI is InChI=1S/C37H52N5O11P/c1-21(2)33(43)50-30-28(52-37(9,31(30)51-34(44)22(3)4)29-15-14-27-32(38)39-20-40-42(27)29)19-48-54(46,41-23(5)35(45)49-26-16-17-47-18-26)53-25-12-10-24(11-13-25)36(6,7)8/h10-15,20-23,26,28,30-31H,16-19H2,1-9H3,(H,41,46)(H2,38,39,40)/t23-,26-,28+,30+,31+,37-,54?/m0/s1. The van der Waals surface area contributed by atoms with Crippen molar-refractivity contribution in [2.75, 3.05) is 25.6 Å². The van der Waals surface area contributed by atoms with Crippen LogP contribution in [0.2, 0.25) is 0 Å². The normalized spacial score (nSPS) is 24.7. The number of carbonyl (C=O) groups excluding carboxylic acids is 3. The molecule has 0 bridgehead atoms. The van der Waals surface area contributed by atoms with Crippen LogP contribution in [0.4, 0.5) is 5.82 Å². The fourth-order valence-electron chi connectivity index (χ4n) is 6.05. The quantitative estimate of drug-likeness (QED) is 0.128. The average Bonchev–Trinajstić information content (AvgIpc) is 3.84. The molecule has 2 aliphatic rings. The Bertz CT molecular complexity index is 1850. The van der Waals surface area contributed by atoms with Crippen LogP contribution in [0.1, 0.15) is 80.0 Å². The molecule has 296 valence electrons. The van der Waals surface area contributed by atoms with Crippen LogP contribution in [0, 0.1) is 11.8 Å². The summed E-state index contributed by atoms with van der Waals surface area (Å²) < 4.78 is 57.9. The predicted molar refractivity (Wildman–Crippen MR) is 196 cm³/mol. The van der Waals surface area contributed by atoms with Gasteiger partial charge in [-0.1, -0.05) is 60.6 Å². The van der Waals surface area contributed by atoms with Gasteiger partial charge in [-0.15, -0.1) is 0 Å². The first-order valence-corrected chi connectivity index (χ1v) is 19.6. The molecule has 3 aromatic rings. The summed E-state index contributed by atoms with van der Waals surface area (Å²) in [5, 5.41) is 7.07. The molecular formula is C37H52N5O11P. The van der Waals surface area contributed by atoms with Crippen molar-refractivity contribution in [1.82, 2.24) is 19.7 Å². The van der Waals surface area contributed by atoms with Crippen molar-refractivity contribution < 1.29 is 51.7 Å². The van der Waals surface area contributed by atoms with Gasteiger partial charge in [-0.3, -0.25) is 18.9 Å². The molecule has 3 N–H and O–H groups in total. The molecule has 0 radical (unpaired) electrons. The molecule has 0 aliphatic carbocycles. The smallest absolute Gasteiger partial charge is 0.459 e. The number of ether oxygens (including phenoxy) is 5. The Hall–Kier alpha value is -4.08. The number of nitrogens with one attached hydrogen (secondary N) is 1. The minimum Gasteiger partial charge on any atom is -0.459 e. The number of fused-ring (bicyclic) bond motifs is 1. The van der Waals surface area contributed by atoms with Gasteiger partial charge in [0.05, 0.1) is 37.4 Å². The van der Waals surface area contributed by atoms with Crippen LogP contribution in [-0.2, 0) is 58.2 Å². The van der Waals surface area contributed by atoms with Crippen molar-refractivity contribution in [3.8, 4) is 5.75 Å². The number of esters is 3. The largest absolute Gasteiger partial charge is 0.459 e. The van der Waals surface area contributed by atoms with Gasteiger partial charge in [-0.2, -0.15) is 10.2 Å². The summed E-state index contributed by atoms with van der Waals surface area (Å²) in [7, 11) is -4.45. The number of nitrogens with two attached hydrogens (primary N) is 1. The summed E-state index contributed by atoms with van der Waals surface area (Å²) >= 11 is 0. The predicted octanol–water partition coefficient (Wildman–Crippen LogP) is 4.87. The Labute approximate surface area is 315 Å². The molecule has 2 saturated heterocycles. The maximum atomic E-state index is 14.7. The third kappa shape index (κ3) is 9.23. The van der Waals surface area contributed by atoms with E-state index < -0.39 is 80.2 Å². The van der Waals surface area contributed by atoms with E-state index in [9.17, 15) is 18.9 Å². The Balaban J connectivity index is 1.50. The molecular weight excluding hydrogens is 721 g/mol. The molecule has 0 spiro atoms. The fourth-order valence-corrected chi connectivity index (χ4v) is 7.55. The zero-order valence-corrected chi connectivity index (χ0v) is 33.2. The van der Waals surface area contributed by atoms with Crippen LogP contribution < -0.4 is 15.3 Å². The number of nitrogen functional groups attached to an aromatic ring is 1. The minimum absolute atomic E-state index is 0.160. The van der Waals surface area contributed by atoms with Gasteiger partial charge in [-0.25, -0.2) is 14.1 Å². The molecule has 0 amide bonds. The molecule has 7 atom stereocenters. The number of carbonyl (C=O) groups is 3. The minimum atomic E-state index is -4.45. The zero-order valence-electron chi connectivity index (χ0n) is 32.3. The van der Waals surface area contributed by atoms with Gasteiger partial charge in [-0.05, 0) is 49.1 Å². The average molecular weight is 774 g/mol. The molecule has 54 heavy (non-hydrogen) atoms.